The fourth-order valence-corrected chi connectivity index (χ4v) is 2.13. The smallest absolute Gasteiger partial charge is 0.250 e. The molecule has 0 atom stereocenters. The van der Waals surface area contributed by atoms with Crippen molar-refractivity contribution in [3.8, 4) is 6.07 Å². The zero-order valence-electron chi connectivity index (χ0n) is 8.02. The predicted octanol–water partition coefficient (Wildman–Crippen LogP) is 3.71. The summed E-state index contributed by atoms with van der Waals surface area (Å²) in [5, 5.41) is 8.38. The van der Waals surface area contributed by atoms with E-state index in [4.69, 9.17) is 5.26 Å². The third kappa shape index (κ3) is 3.24. The van der Waals surface area contributed by atoms with Crippen LogP contribution in [0.2, 0.25) is 0 Å². The molecule has 1 heterocycles. The van der Waals surface area contributed by atoms with Gasteiger partial charge in [-0.3, -0.25) is 4.98 Å². The highest BCUT2D eigenvalue weighted by atomic mass is 127. The topological polar surface area (TPSA) is 36.7 Å². The molecule has 2 nitrogen and oxygen atoms in total. The second-order valence-electron chi connectivity index (χ2n) is 2.98. The molecule has 0 aliphatic rings. The Bertz CT molecular complexity index is 464. The maximum Gasteiger partial charge on any atom is 0.419 e. The Hall–Kier alpha value is -0.980. The number of hydrogen-bond donors (Lipinski definition) is 0. The predicted molar refractivity (Wildman–Crippen MR) is 56.2 cm³/mol. The van der Waals surface area contributed by atoms with Gasteiger partial charge in [-0.05, 0) is 28.7 Å². The van der Waals surface area contributed by atoms with E-state index >= 15 is 0 Å². The van der Waals surface area contributed by atoms with Gasteiger partial charge in [0, 0.05) is 3.57 Å². The average Bonchev–Trinajstić information content (AvgIpc) is 2.14. The molecule has 0 saturated carbocycles. The van der Waals surface area contributed by atoms with Crippen molar-refractivity contribution in [1.82, 2.24) is 4.98 Å². The highest BCUT2D eigenvalue weighted by molar-refractivity contribution is 14.1. The summed E-state index contributed by atoms with van der Waals surface area (Å²) in [5.74, 6) is 0. The first kappa shape index (κ1) is 14.1. The molecule has 0 saturated heterocycles. The minimum absolute atomic E-state index is 0.384. The van der Waals surface area contributed by atoms with E-state index in [1.807, 2.05) is 0 Å². The maximum atomic E-state index is 12.6. The van der Waals surface area contributed by atoms with Gasteiger partial charge >= 0.3 is 6.18 Å². The van der Waals surface area contributed by atoms with E-state index in [9.17, 15) is 22.0 Å². The lowest BCUT2D eigenvalue weighted by Crippen LogP contribution is -2.14. The summed E-state index contributed by atoms with van der Waals surface area (Å²) >= 11 is 1.31. The molecule has 0 aliphatic heterocycles. The summed E-state index contributed by atoms with van der Waals surface area (Å²) in [6.45, 7) is 0. The molecule has 1 rings (SSSR count). The Kier molecular flexibility index (Phi) is 4.24. The van der Waals surface area contributed by atoms with Gasteiger partial charge in [0.25, 0.3) is 6.43 Å². The normalized spacial score (nSPS) is 11.6. The number of alkyl halides is 5. The number of rotatable bonds is 2. The highest BCUT2D eigenvalue weighted by Crippen LogP contribution is 2.36. The molecule has 0 bridgehead atoms. The van der Waals surface area contributed by atoms with E-state index in [1.165, 1.54) is 28.7 Å². The average molecular weight is 362 g/mol. The molecular weight excluding hydrogens is 358 g/mol. The van der Waals surface area contributed by atoms with Gasteiger partial charge in [-0.1, -0.05) is 0 Å². The third-order valence-corrected chi connectivity index (χ3v) is 2.67. The maximum absolute atomic E-state index is 12.6. The second-order valence-corrected chi connectivity index (χ2v) is 4.15. The molecule has 8 heteroatoms. The quantitative estimate of drug-likeness (QED) is 0.594. The van der Waals surface area contributed by atoms with Gasteiger partial charge in [0.1, 0.15) is 5.69 Å². The first-order valence-corrected chi connectivity index (χ1v) is 5.27. The van der Waals surface area contributed by atoms with Crippen LogP contribution >= 0.6 is 22.6 Å². The van der Waals surface area contributed by atoms with Crippen LogP contribution in [0.5, 0.6) is 0 Å². The lowest BCUT2D eigenvalue weighted by molar-refractivity contribution is -0.139. The molecule has 1 aromatic rings. The van der Waals surface area contributed by atoms with Crippen LogP contribution in [0.25, 0.3) is 0 Å². The Morgan fingerprint density at radius 2 is 2.00 bits per heavy atom. The van der Waals surface area contributed by atoms with Crippen molar-refractivity contribution in [3.63, 3.8) is 0 Å². The van der Waals surface area contributed by atoms with Crippen LogP contribution in [0.4, 0.5) is 22.0 Å². The van der Waals surface area contributed by atoms with E-state index in [0.29, 0.717) is 6.07 Å². The van der Waals surface area contributed by atoms with E-state index in [0.717, 1.165) is 0 Å². The van der Waals surface area contributed by atoms with Crippen LogP contribution in [-0.4, -0.2) is 4.98 Å². The monoisotopic (exact) mass is 362 g/mol. The van der Waals surface area contributed by atoms with E-state index in [-0.39, 0.29) is 3.57 Å². The standard InChI is InChI=1S/C9H4F5IN2/c10-8(11)6-3-4(15)7(9(12,13)14)5(17-6)1-2-16/h3,8H,1H2. The molecule has 0 radical (unpaired) electrons. The van der Waals surface area contributed by atoms with Crippen molar-refractivity contribution in [3.05, 3.63) is 26.6 Å². The molecule has 0 N–H and O–H groups in total. The van der Waals surface area contributed by atoms with Crippen molar-refractivity contribution in [2.45, 2.75) is 19.0 Å². The van der Waals surface area contributed by atoms with Gasteiger partial charge in [0.2, 0.25) is 0 Å². The number of halogens is 6. The van der Waals surface area contributed by atoms with Gasteiger partial charge in [0.15, 0.2) is 0 Å². The van der Waals surface area contributed by atoms with Gasteiger partial charge < -0.3 is 0 Å². The third-order valence-electron chi connectivity index (χ3n) is 1.82. The molecule has 0 aromatic carbocycles. The molecule has 0 amide bonds. The summed E-state index contributed by atoms with van der Waals surface area (Å²) in [4.78, 5) is 3.19. The lowest BCUT2D eigenvalue weighted by Gasteiger charge is -2.14. The molecule has 92 valence electrons. The zero-order valence-corrected chi connectivity index (χ0v) is 10.2. The fraction of sp³-hybridized carbons (Fsp3) is 0.333. The first-order chi connectivity index (χ1) is 7.77. The second kappa shape index (κ2) is 5.12. The Morgan fingerprint density at radius 1 is 1.41 bits per heavy atom. The lowest BCUT2D eigenvalue weighted by atomic mass is 10.1. The van der Waals surface area contributed by atoms with Crippen LogP contribution in [0.15, 0.2) is 6.07 Å². The van der Waals surface area contributed by atoms with Gasteiger partial charge in [-0.15, -0.1) is 0 Å². The molecule has 0 aliphatic carbocycles. The molecule has 17 heavy (non-hydrogen) atoms. The van der Waals surface area contributed by atoms with Crippen molar-refractivity contribution in [1.29, 1.82) is 5.26 Å². The van der Waals surface area contributed by atoms with Crippen molar-refractivity contribution in [2.24, 2.45) is 0 Å². The summed E-state index contributed by atoms with van der Waals surface area (Å²) in [6.07, 6.45) is -8.34. The minimum atomic E-state index is -4.71. The zero-order chi connectivity index (χ0) is 13.2. The van der Waals surface area contributed by atoms with E-state index in [1.54, 1.807) is 0 Å². The van der Waals surface area contributed by atoms with Crippen LogP contribution in [-0.2, 0) is 12.6 Å². The summed E-state index contributed by atoms with van der Waals surface area (Å²) in [7, 11) is 0. The van der Waals surface area contributed by atoms with Crippen LogP contribution < -0.4 is 0 Å². The number of aromatic nitrogens is 1. The summed E-state index contributed by atoms with van der Waals surface area (Å²) < 4.78 is 62.2. The Balaban J connectivity index is 3.45. The molecule has 0 unspecified atom stereocenters. The number of nitrogens with zero attached hydrogens (tertiary/aromatic N) is 2. The Morgan fingerprint density at radius 3 is 2.41 bits per heavy atom. The molecule has 0 fully saturated rings. The van der Waals surface area contributed by atoms with E-state index < -0.39 is 36.0 Å². The summed E-state index contributed by atoms with van der Waals surface area (Å²) in [6, 6.07) is 2.15. The van der Waals surface area contributed by atoms with Crippen molar-refractivity contribution >= 4 is 22.6 Å². The van der Waals surface area contributed by atoms with Crippen molar-refractivity contribution in [2.75, 3.05) is 0 Å². The minimum Gasteiger partial charge on any atom is -0.250 e. The van der Waals surface area contributed by atoms with Gasteiger partial charge in [-0.25, -0.2) is 8.78 Å². The highest BCUT2D eigenvalue weighted by Gasteiger charge is 2.37. The van der Waals surface area contributed by atoms with Crippen LogP contribution in [0.1, 0.15) is 23.4 Å². The van der Waals surface area contributed by atoms with Crippen LogP contribution in [0, 0.1) is 14.9 Å². The molecule has 1 aromatic heterocycles. The Labute approximate surface area is 107 Å². The first-order valence-electron chi connectivity index (χ1n) is 4.19. The SMILES string of the molecule is N#CCc1nc(C(F)F)cc(I)c1C(F)(F)F. The number of hydrogen-bond acceptors (Lipinski definition) is 2. The van der Waals surface area contributed by atoms with Gasteiger partial charge in [-0.2, -0.15) is 18.4 Å². The van der Waals surface area contributed by atoms with Crippen molar-refractivity contribution < 1.29 is 22.0 Å². The van der Waals surface area contributed by atoms with E-state index in [2.05, 4.69) is 4.98 Å². The molecule has 0 spiro atoms. The van der Waals surface area contributed by atoms with Gasteiger partial charge in [0.05, 0.1) is 23.7 Å². The largest absolute Gasteiger partial charge is 0.419 e. The fourth-order valence-electron chi connectivity index (χ4n) is 1.20. The summed E-state index contributed by atoms with van der Waals surface area (Å²) in [5.41, 5.74) is -2.54. The van der Waals surface area contributed by atoms with Crippen LogP contribution in [0.3, 0.4) is 0 Å². The number of pyridine rings is 1. The molecular formula is C9H4F5IN2. The number of nitriles is 1.